The van der Waals surface area contributed by atoms with E-state index in [2.05, 4.69) is 5.32 Å². The Morgan fingerprint density at radius 2 is 1.85 bits per heavy atom. The molecule has 0 radical (unpaired) electrons. The molecule has 0 saturated carbocycles. The first-order valence-electron chi connectivity index (χ1n) is 6.72. The van der Waals surface area contributed by atoms with Crippen molar-refractivity contribution in [2.24, 2.45) is 11.8 Å². The van der Waals surface area contributed by atoms with Gasteiger partial charge in [-0.1, -0.05) is 26.0 Å². The van der Waals surface area contributed by atoms with Crippen LogP contribution in [0.15, 0.2) is 24.3 Å². The highest BCUT2D eigenvalue weighted by Crippen LogP contribution is 2.11. The molecular weight excluding hydrogens is 256 g/mol. The Balaban J connectivity index is 2.45. The van der Waals surface area contributed by atoms with E-state index >= 15 is 0 Å². The number of rotatable bonds is 7. The van der Waals surface area contributed by atoms with Crippen LogP contribution in [0.5, 0.6) is 0 Å². The number of nitrogens with one attached hydrogen (secondary N) is 1. The molecule has 0 fully saturated rings. The molecule has 1 rings (SSSR count). The summed E-state index contributed by atoms with van der Waals surface area (Å²) in [6.45, 7) is 4.10. The molecule has 1 aromatic carbocycles. The van der Waals surface area contributed by atoms with Crippen LogP contribution < -0.4 is 11.1 Å². The van der Waals surface area contributed by atoms with Gasteiger partial charge in [0.1, 0.15) is 0 Å². The number of nitrogens with two attached hydrogens (primary N) is 1. The zero-order chi connectivity index (χ0) is 15.1. The SMILES string of the molecule is CC(C)CC(CNC(=O)Cc1ccc(N)cc1)C(=O)O. The van der Waals surface area contributed by atoms with Crippen LogP contribution in [-0.4, -0.2) is 23.5 Å². The smallest absolute Gasteiger partial charge is 0.308 e. The van der Waals surface area contributed by atoms with Gasteiger partial charge in [0.05, 0.1) is 12.3 Å². The topological polar surface area (TPSA) is 92.4 Å². The minimum Gasteiger partial charge on any atom is -0.481 e. The van der Waals surface area contributed by atoms with Crippen molar-refractivity contribution >= 4 is 17.6 Å². The minimum atomic E-state index is -0.869. The van der Waals surface area contributed by atoms with E-state index in [9.17, 15) is 9.59 Å². The van der Waals surface area contributed by atoms with E-state index in [-0.39, 0.29) is 24.8 Å². The quantitative estimate of drug-likeness (QED) is 0.661. The van der Waals surface area contributed by atoms with E-state index in [1.54, 1.807) is 24.3 Å². The molecule has 1 aromatic rings. The highest BCUT2D eigenvalue weighted by atomic mass is 16.4. The van der Waals surface area contributed by atoms with E-state index < -0.39 is 11.9 Å². The molecule has 0 bridgehead atoms. The Morgan fingerprint density at radius 1 is 1.25 bits per heavy atom. The fourth-order valence-corrected chi connectivity index (χ4v) is 1.96. The molecule has 5 heteroatoms. The first kappa shape index (κ1) is 16.0. The van der Waals surface area contributed by atoms with Crippen LogP contribution in [0.3, 0.4) is 0 Å². The Bertz CT molecular complexity index is 455. The lowest BCUT2D eigenvalue weighted by atomic mass is 9.97. The molecule has 5 nitrogen and oxygen atoms in total. The number of carbonyl (C=O) groups is 2. The molecule has 4 N–H and O–H groups in total. The molecule has 0 heterocycles. The van der Waals surface area contributed by atoms with Crippen molar-refractivity contribution in [3.8, 4) is 0 Å². The first-order valence-corrected chi connectivity index (χ1v) is 6.72. The lowest BCUT2D eigenvalue weighted by Gasteiger charge is -2.15. The maximum atomic E-state index is 11.8. The standard InChI is InChI=1S/C15H22N2O3/c1-10(2)7-12(15(19)20)9-17-14(18)8-11-3-5-13(16)6-4-11/h3-6,10,12H,7-9,16H2,1-2H3,(H,17,18)(H,19,20). The van der Waals surface area contributed by atoms with Gasteiger partial charge in [0, 0.05) is 12.2 Å². The summed E-state index contributed by atoms with van der Waals surface area (Å²) < 4.78 is 0. The number of hydrogen-bond acceptors (Lipinski definition) is 3. The van der Waals surface area contributed by atoms with E-state index in [1.165, 1.54) is 0 Å². The van der Waals surface area contributed by atoms with Gasteiger partial charge in [0.15, 0.2) is 0 Å². The number of anilines is 1. The molecule has 110 valence electrons. The molecule has 0 aliphatic carbocycles. The molecule has 1 amide bonds. The minimum absolute atomic E-state index is 0.168. The lowest BCUT2D eigenvalue weighted by Crippen LogP contribution is -2.34. The van der Waals surface area contributed by atoms with E-state index in [1.807, 2.05) is 13.8 Å². The third-order valence-corrected chi connectivity index (χ3v) is 3.00. The van der Waals surface area contributed by atoms with E-state index in [4.69, 9.17) is 10.8 Å². The maximum Gasteiger partial charge on any atom is 0.308 e. The number of aliphatic carboxylic acids is 1. The molecule has 20 heavy (non-hydrogen) atoms. The van der Waals surface area contributed by atoms with E-state index in [0.29, 0.717) is 12.1 Å². The van der Waals surface area contributed by atoms with Crippen LogP contribution in [0.2, 0.25) is 0 Å². The van der Waals surface area contributed by atoms with Crippen LogP contribution in [0.4, 0.5) is 5.69 Å². The van der Waals surface area contributed by atoms with Crippen molar-refractivity contribution in [2.45, 2.75) is 26.7 Å². The van der Waals surface area contributed by atoms with Gasteiger partial charge < -0.3 is 16.2 Å². The van der Waals surface area contributed by atoms with Crippen molar-refractivity contribution in [2.75, 3.05) is 12.3 Å². The summed E-state index contributed by atoms with van der Waals surface area (Å²) in [7, 11) is 0. The predicted octanol–water partition coefficient (Wildman–Crippen LogP) is 1.67. The van der Waals surface area contributed by atoms with Gasteiger partial charge in [0.2, 0.25) is 5.91 Å². The average molecular weight is 278 g/mol. The Morgan fingerprint density at radius 3 is 2.35 bits per heavy atom. The summed E-state index contributed by atoms with van der Waals surface area (Å²) in [4.78, 5) is 22.9. The molecule has 0 aliphatic rings. The fraction of sp³-hybridized carbons (Fsp3) is 0.467. The van der Waals surface area contributed by atoms with Gasteiger partial charge >= 0.3 is 5.97 Å². The van der Waals surface area contributed by atoms with Crippen molar-refractivity contribution < 1.29 is 14.7 Å². The van der Waals surface area contributed by atoms with Crippen LogP contribution in [0, 0.1) is 11.8 Å². The van der Waals surface area contributed by atoms with Crippen molar-refractivity contribution in [3.63, 3.8) is 0 Å². The summed E-state index contributed by atoms with van der Waals surface area (Å²) in [5.41, 5.74) is 7.07. The predicted molar refractivity (Wildman–Crippen MR) is 78.1 cm³/mol. The lowest BCUT2D eigenvalue weighted by molar-refractivity contribution is -0.142. The third-order valence-electron chi connectivity index (χ3n) is 3.00. The number of carbonyl (C=O) groups excluding carboxylic acids is 1. The number of carboxylic acids is 1. The van der Waals surface area contributed by atoms with Crippen molar-refractivity contribution in [3.05, 3.63) is 29.8 Å². The molecular formula is C15H22N2O3. The van der Waals surface area contributed by atoms with Crippen molar-refractivity contribution in [1.29, 1.82) is 0 Å². The second-order valence-corrected chi connectivity index (χ2v) is 5.39. The highest BCUT2D eigenvalue weighted by Gasteiger charge is 2.19. The summed E-state index contributed by atoms with van der Waals surface area (Å²) in [6, 6.07) is 7.05. The van der Waals surface area contributed by atoms with Gasteiger partial charge in [-0.3, -0.25) is 9.59 Å². The summed E-state index contributed by atoms with van der Waals surface area (Å²) in [5.74, 6) is -1.30. The Kier molecular flexibility index (Phi) is 6.03. The largest absolute Gasteiger partial charge is 0.481 e. The summed E-state index contributed by atoms with van der Waals surface area (Å²) >= 11 is 0. The normalized spacial score (nSPS) is 12.2. The third kappa shape index (κ3) is 5.73. The summed E-state index contributed by atoms with van der Waals surface area (Å²) in [5, 5.41) is 11.8. The second kappa shape index (κ2) is 7.53. The number of amides is 1. The van der Waals surface area contributed by atoms with Gasteiger partial charge in [-0.05, 0) is 30.0 Å². The number of benzene rings is 1. The van der Waals surface area contributed by atoms with Crippen molar-refractivity contribution in [1.82, 2.24) is 5.32 Å². The van der Waals surface area contributed by atoms with Gasteiger partial charge in [-0.25, -0.2) is 0 Å². The monoisotopic (exact) mass is 278 g/mol. The maximum absolute atomic E-state index is 11.8. The van der Waals surface area contributed by atoms with Crippen LogP contribution in [0.25, 0.3) is 0 Å². The molecule has 0 aliphatic heterocycles. The van der Waals surface area contributed by atoms with Crippen LogP contribution in [0.1, 0.15) is 25.8 Å². The fourth-order valence-electron chi connectivity index (χ4n) is 1.96. The Hall–Kier alpha value is -2.04. The number of hydrogen-bond donors (Lipinski definition) is 3. The molecule has 0 spiro atoms. The van der Waals surface area contributed by atoms with Crippen LogP contribution >= 0.6 is 0 Å². The van der Waals surface area contributed by atoms with Gasteiger partial charge in [-0.15, -0.1) is 0 Å². The van der Waals surface area contributed by atoms with Gasteiger partial charge in [-0.2, -0.15) is 0 Å². The Labute approximate surface area is 119 Å². The second-order valence-electron chi connectivity index (χ2n) is 5.39. The molecule has 0 aromatic heterocycles. The zero-order valence-corrected chi connectivity index (χ0v) is 11.9. The molecule has 1 atom stereocenters. The highest BCUT2D eigenvalue weighted by molar-refractivity contribution is 5.79. The van der Waals surface area contributed by atoms with Gasteiger partial charge in [0.25, 0.3) is 0 Å². The van der Waals surface area contributed by atoms with E-state index in [0.717, 1.165) is 5.56 Å². The zero-order valence-electron chi connectivity index (χ0n) is 11.9. The molecule has 1 unspecified atom stereocenters. The molecule has 0 saturated heterocycles. The number of nitrogen functional groups attached to an aromatic ring is 1. The first-order chi connectivity index (χ1) is 9.38. The summed E-state index contributed by atoms with van der Waals surface area (Å²) in [6.07, 6.45) is 0.784. The van der Waals surface area contributed by atoms with Crippen LogP contribution in [-0.2, 0) is 16.0 Å². The average Bonchev–Trinajstić information content (AvgIpc) is 2.36. The number of carboxylic acid groups (broad SMARTS) is 1.